The van der Waals surface area contributed by atoms with Gasteiger partial charge in [0.25, 0.3) is 0 Å². The molecule has 0 spiro atoms. The van der Waals surface area contributed by atoms with Crippen LogP contribution in [0.5, 0.6) is 5.75 Å². The molecule has 17 heavy (non-hydrogen) atoms. The van der Waals surface area contributed by atoms with Crippen molar-refractivity contribution in [1.82, 2.24) is 10.3 Å². The fourth-order valence-corrected chi connectivity index (χ4v) is 2.47. The van der Waals surface area contributed by atoms with E-state index in [9.17, 15) is 0 Å². The summed E-state index contributed by atoms with van der Waals surface area (Å²) in [5.41, 5.74) is 2.33. The van der Waals surface area contributed by atoms with Gasteiger partial charge in [-0.2, -0.15) is 0 Å². The molecule has 1 saturated heterocycles. The first-order valence-corrected chi connectivity index (χ1v) is 6.28. The van der Waals surface area contributed by atoms with Crippen molar-refractivity contribution >= 4 is 10.9 Å². The van der Waals surface area contributed by atoms with Gasteiger partial charge < -0.3 is 15.0 Å². The van der Waals surface area contributed by atoms with Gasteiger partial charge >= 0.3 is 0 Å². The molecule has 1 fully saturated rings. The molecular weight excluding hydrogens is 212 g/mol. The molecule has 0 bridgehead atoms. The number of rotatable bonds is 2. The third kappa shape index (κ3) is 2.15. The Balaban J connectivity index is 1.88. The molecular formula is C14H18N2O. The molecule has 2 N–H and O–H groups in total. The van der Waals surface area contributed by atoms with Crippen LogP contribution in [0.2, 0.25) is 0 Å². The van der Waals surface area contributed by atoms with Gasteiger partial charge in [-0.1, -0.05) is 6.07 Å². The smallest absolute Gasteiger partial charge is 0.129 e. The highest BCUT2D eigenvalue weighted by Crippen LogP contribution is 2.27. The summed E-state index contributed by atoms with van der Waals surface area (Å²) in [6, 6.07) is 8.35. The van der Waals surface area contributed by atoms with Crippen LogP contribution in [-0.4, -0.2) is 24.2 Å². The quantitative estimate of drug-likeness (QED) is 0.832. The number of hydrogen-bond donors (Lipinski definition) is 2. The van der Waals surface area contributed by atoms with E-state index in [0.29, 0.717) is 6.10 Å². The van der Waals surface area contributed by atoms with Crippen LogP contribution >= 0.6 is 0 Å². The first kappa shape index (κ1) is 10.7. The Morgan fingerprint density at radius 3 is 3.12 bits per heavy atom. The lowest BCUT2D eigenvalue weighted by Crippen LogP contribution is -2.37. The van der Waals surface area contributed by atoms with Crippen molar-refractivity contribution < 1.29 is 4.74 Å². The molecule has 90 valence electrons. The zero-order chi connectivity index (χ0) is 11.7. The minimum atomic E-state index is 0.310. The summed E-state index contributed by atoms with van der Waals surface area (Å²) in [5, 5.41) is 4.57. The van der Waals surface area contributed by atoms with E-state index >= 15 is 0 Å². The Morgan fingerprint density at radius 2 is 2.29 bits per heavy atom. The molecule has 0 saturated carbocycles. The average Bonchev–Trinajstić information content (AvgIpc) is 2.72. The molecule has 3 nitrogen and oxygen atoms in total. The number of aryl methyl sites for hydroxylation is 1. The molecule has 0 amide bonds. The van der Waals surface area contributed by atoms with Crippen LogP contribution < -0.4 is 10.1 Å². The summed E-state index contributed by atoms with van der Waals surface area (Å²) >= 11 is 0. The molecule has 3 rings (SSSR count). The lowest BCUT2D eigenvalue weighted by atomic mass is 10.1. The van der Waals surface area contributed by atoms with E-state index in [2.05, 4.69) is 35.4 Å². The first-order valence-electron chi connectivity index (χ1n) is 6.28. The lowest BCUT2D eigenvalue weighted by molar-refractivity contribution is 0.169. The van der Waals surface area contributed by atoms with Crippen molar-refractivity contribution in [2.24, 2.45) is 0 Å². The van der Waals surface area contributed by atoms with Gasteiger partial charge in [0, 0.05) is 23.1 Å². The van der Waals surface area contributed by atoms with Crippen LogP contribution in [0.3, 0.4) is 0 Å². The van der Waals surface area contributed by atoms with Crippen molar-refractivity contribution in [3.63, 3.8) is 0 Å². The summed E-state index contributed by atoms with van der Waals surface area (Å²) in [5.74, 6) is 1.00. The van der Waals surface area contributed by atoms with Crippen molar-refractivity contribution in [2.45, 2.75) is 25.9 Å². The second kappa shape index (κ2) is 4.41. The minimum absolute atomic E-state index is 0.310. The van der Waals surface area contributed by atoms with E-state index in [1.165, 1.54) is 17.5 Å². The number of aromatic nitrogens is 1. The van der Waals surface area contributed by atoms with E-state index in [0.717, 1.165) is 30.8 Å². The fraction of sp³-hybridized carbons (Fsp3) is 0.429. The fourth-order valence-electron chi connectivity index (χ4n) is 2.47. The van der Waals surface area contributed by atoms with Gasteiger partial charge in [-0.25, -0.2) is 0 Å². The predicted octanol–water partition coefficient (Wildman–Crippen LogP) is 2.61. The standard InChI is InChI=1S/C14H18N2O/c1-10-8-12-13(16-10)5-2-6-14(12)17-11-4-3-7-15-9-11/h2,5-6,8,11,15-16H,3-4,7,9H2,1H3. The normalized spacial score (nSPS) is 20.6. The molecule has 1 aliphatic heterocycles. The average molecular weight is 230 g/mol. The number of H-pyrrole nitrogens is 1. The SMILES string of the molecule is Cc1cc2c(OC3CCCNC3)cccc2[nH]1. The van der Waals surface area contributed by atoms with Gasteiger partial charge in [-0.15, -0.1) is 0 Å². The van der Waals surface area contributed by atoms with Crippen LogP contribution in [0.1, 0.15) is 18.5 Å². The van der Waals surface area contributed by atoms with Gasteiger partial charge in [0.15, 0.2) is 0 Å². The van der Waals surface area contributed by atoms with Crippen LogP contribution in [-0.2, 0) is 0 Å². The molecule has 0 radical (unpaired) electrons. The van der Waals surface area contributed by atoms with Gasteiger partial charge in [-0.05, 0) is 44.5 Å². The minimum Gasteiger partial charge on any atom is -0.488 e. The largest absolute Gasteiger partial charge is 0.488 e. The molecule has 1 unspecified atom stereocenters. The topological polar surface area (TPSA) is 37.0 Å². The molecule has 1 atom stereocenters. The molecule has 2 aromatic rings. The van der Waals surface area contributed by atoms with Crippen LogP contribution in [0.4, 0.5) is 0 Å². The zero-order valence-electron chi connectivity index (χ0n) is 10.1. The number of nitrogens with one attached hydrogen (secondary N) is 2. The van der Waals surface area contributed by atoms with E-state index in [4.69, 9.17) is 4.74 Å². The summed E-state index contributed by atoms with van der Waals surface area (Å²) in [6.45, 7) is 4.15. The number of aromatic amines is 1. The highest BCUT2D eigenvalue weighted by atomic mass is 16.5. The number of piperidine rings is 1. The first-order chi connectivity index (χ1) is 8.33. The monoisotopic (exact) mass is 230 g/mol. The number of benzene rings is 1. The Hall–Kier alpha value is -1.48. The lowest BCUT2D eigenvalue weighted by Gasteiger charge is -2.24. The number of hydrogen-bond acceptors (Lipinski definition) is 2. The number of ether oxygens (including phenoxy) is 1. The molecule has 2 heterocycles. The van der Waals surface area contributed by atoms with E-state index in [-0.39, 0.29) is 0 Å². The van der Waals surface area contributed by atoms with Gasteiger partial charge in [-0.3, -0.25) is 0 Å². The molecule has 0 aliphatic carbocycles. The van der Waals surface area contributed by atoms with Crippen molar-refractivity contribution in [3.05, 3.63) is 30.0 Å². The summed E-state index contributed by atoms with van der Waals surface area (Å²) in [6.07, 6.45) is 2.66. The maximum Gasteiger partial charge on any atom is 0.129 e. The molecule has 1 aliphatic rings. The van der Waals surface area contributed by atoms with E-state index in [1.807, 2.05) is 6.07 Å². The molecule has 3 heteroatoms. The third-order valence-electron chi connectivity index (χ3n) is 3.30. The van der Waals surface area contributed by atoms with Gasteiger partial charge in [0.2, 0.25) is 0 Å². The summed E-state index contributed by atoms with van der Waals surface area (Å²) < 4.78 is 6.10. The Kier molecular flexibility index (Phi) is 2.77. The second-order valence-electron chi connectivity index (χ2n) is 4.76. The summed E-state index contributed by atoms with van der Waals surface area (Å²) in [4.78, 5) is 3.34. The van der Waals surface area contributed by atoms with E-state index < -0.39 is 0 Å². The van der Waals surface area contributed by atoms with Crippen LogP contribution in [0.25, 0.3) is 10.9 Å². The van der Waals surface area contributed by atoms with Gasteiger partial charge in [0.1, 0.15) is 11.9 Å². The van der Waals surface area contributed by atoms with Gasteiger partial charge in [0.05, 0.1) is 0 Å². The van der Waals surface area contributed by atoms with Crippen molar-refractivity contribution in [3.8, 4) is 5.75 Å². The second-order valence-corrected chi connectivity index (χ2v) is 4.76. The molecule has 1 aromatic heterocycles. The zero-order valence-corrected chi connectivity index (χ0v) is 10.1. The maximum atomic E-state index is 6.10. The highest BCUT2D eigenvalue weighted by molar-refractivity contribution is 5.86. The van der Waals surface area contributed by atoms with Crippen molar-refractivity contribution in [2.75, 3.05) is 13.1 Å². The highest BCUT2D eigenvalue weighted by Gasteiger charge is 2.15. The van der Waals surface area contributed by atoms with Crippen LogP contribution in [0.15, 0.2) is 24.3 Å². The molecule has 1 aromatic carbocycles. The van der Waals surface area contributed by atoms with Crippen molar-refractivity contribution in [1.29, 1.82) is 0 Å². The maximum absolute atomic E-state index is 6.10. The Morgan fingerprint density at radius 1 is 1.35 bits per heavy atom. The number of fused-ring (bicyclic) bond motifs is 1. The van der Waals surface area contributed by atoms with Crippen LogP contribution in [0, 0.1) is 6.92 Å². The third-order valence-corrected chi connectivity index (χ3v) is 3.30. The van der Waals surface area contributed by atoms with E-state index in [1.54, 1.807) is 0 Å². The Labute approximate surface area is 101 Å². The summed E-state index contributed by atoms with van der Waals surface area (Å²) in [7, 11) is 0. The Bertz CT molecular complexity index is 512. The predicted molar refractivity (Wildman–Crippen MR) is 69.6 cm³/mol.